The first-order valence-electron chi connectivity index (χ1n) is 7.52. The molecular formula is C17H17N3O3S. The minimum absolute atomic E-state index is 0.212. The second-order valence-corrected chi connectivity index (χ2v) is 6.35. The van der Waals surface area contributed by atoms with E-state index < -0.39 is 0 Å². The molecule has 7 heteroatoms. The third kappa shape index (κ3) is 3.46. The normalized spacial score (nSPS) is 10.6. The summed E-state index contributed by atoms with van der Waals surface area (Å²) >= 11 is 1.43. The molecule has 3 rings (SSSR count). The van der Waals surface area contributed by atoms with Gasteiger partial charge in [0.25, 0.3) is 5.91 Å². The minimum atomic E-state index is -0.343. The molecule has 3 aromatic rings. The number of carbonyl (C=O) groups excluding carboxylic acids is 1. The fourth-order valence-electron chi connectivity index (χ4n) is 2.09. The third-order valence-corrected chi connectivity index (χ3v) is 4.43. The van der Waals surface area contributed by atoms with Gasteiger partial charge in [-0.15, -0.1) is 11.3 Å². The van der Waals surface area contributed by atoms with Crippen LogP contribution in [0.25, 0.3) is 11.3 Å². The molecule has 0 aliphatic heterocycles. The lowest BCUT2D eigenvalue weighted by molar-refractivity contribution is 0.101. The van der Waals surface area contributed by atoms with Gasteiger partial charge in [-0.05, 0) is 45.0 Å². The number of nitrogens with zero attached hydrogens (tertiary/aromatic N) is 2. The lowest BCUT2D eigenvalue weighted by atomic mass is 10.1. The Labute approximate surface area is 143 Å². The molecule has 0 bridgehead atoms. The molecule has 0 fully saturated rings. The molecule has 0 radical (unpaired) electrons. The predicted octanol–water partition coefficient (Wildman–Crippen LogP) is 4.07. The van der Waals surface area contributed by atoms with Gasteiger partial charge in [0, 0.05) is 16.5 Å². The Kier molecular flexibility index (Phi) is 4.61. The van der Waals surface area contributed by atoms with Crippen LogP contribution in [0, 0.1) is 13.8 Å². The number of hydrogen-bond donors (Lipinski definition) is 1. The summed E-state index contributed by atoms with van der Waals surface area (Å²) in [4.78, 5) is 17.6. The Morgan fingerprint density at radius 3 is 2.67 bits per heavy atom. The average Bonchev–Trinajstić information content (AvgIpc) is 3.16. The summed E-state index contributed by atoms with van der Waals surface area (Å²) in [5, 5.41) is 7.13. The standard InChI is InChI=1S/C17H17N3O3S/c1-4-22-13-7-5-12(6-8-13)15-9-14(20-23-15)16(21)19-17-18-10(2)11(3)24-17/h5-9H,4H2,1-3H3,(H,18,19,21). The summed E-state index contributed by atoms with van der Waals surface area (Å²) < 4.78 is 10.7. The number of ether oxygens (including phenoxy) is 1. The van der Waals surface area contributed by atoms with E-state index in [-0.39, 0.29) is 11.6 Å². The van der Waals surface area contributed by atoms with Gasteiger partial charge in [0.1, 0.15) is 5.75 Å². The van der Waals surface area contributed by atoms with Crippen molar-refractivity contribution in [3.8, 4) is 17.1 Å². The fraction of sp³-hybridized carbons (Fsp3) is 0.235. The molecule has 0 atom stereocenters. The third-order valence-electron chi connectivity index (χ3n) is 3.44. The molecule has 2 heterocycles. The Morgan fingerprint density at radius 1 is 1.29 bits per heavy atom. The number of carbonyl (C=O) groups is 1. The molecule has 2 aromatic heterocycles. The quantitative estimate of drug-likeness (QED) is 0.756. The van der Waals surface area contributed by atoms with Crippen molar-refractivity contribution in [2.24, 2.45) is 0 Å². The minimum Gasteiger partial charge on any atom is -0.494 e. The van der Waals surface area contributed by atoms with Crippen LogP contribution in [0.2, 0.25) is 0 Å². The highest BCUT2D eigenvalue weighted by Crippen LogP contribution is 2.25. The van der Waals surface area contributed by atoms with E-state index in [4.69, 9.17) is 9.26 Å². The summed E-state index contributed by atoms with van der Waals surface area (Å²) in [7, 11) is 0. The maximum Gasteiger partial charge on any atom is 0.279 e. The van der Waals surface area contributed by atoms with Gasteiger partial charge in [-0.3, -0.25) is 10.1 Å². The maximum absolute atomic E-state index is 12.2. The molecule has 0 aliphatic carbocycles. The van der Waals surface area contributed by atoms with Crippen LogP contribution in [0.3, 0.4) is 0 Å². The predicted molar refractivity (Wildman–Crippen MR) is 92.6 cm³/mol. The van der Waals surface area contributed by atoms with E-state index in [1.165, 1.54) is 11.3 Å². The van der Waals surface area contributed by atoms with Crippen LogP contribution in [0.1, 0.15) is 28.0 Å². The van der Waals surface area contributed by atoms with Gasteiger partial charge in [0.15, 0.2) is 16.6 Å². The summed E-state index contributed by atoms with van der Waals surface area (Å²) in [6.07, 6.45) is 0. The molecule has 0 saturated heterocycles. The Hall–Kier alpha value is -2.67. The topological polar surface area (TPSA) is 77.2 Å². The Bertz CT molecular complexity index is 833. The molecule has 1 N–H and O–H groups in total. The molecule has 1 amide bonds. The number of nitrogens with one attached hydrogen (secondary N) is 1. The van der Waals surface area contributed by atoms with Crippen LogP contribution < -0.4 is 10.1 Å². The van der Waals surface area contributed by atoms with Crippen LogP contribution in [-0.2, 0) is 0 Å². The van der Waals surface area contributed by atoms with E-state index in [0.717, 1.165) is 21.9 Å². The van der Waals surface area contributed by atoms with Crippen LogP contribution in [0.5, 0.6) is 5.75 Å². The van der Waals surface area contributed by atoms with E-state index in [1.807, 2.05) is 45.0 Å². The number of amides is 1. The highest BCUT2D eigenvalue weighted by molar-refractivity contribution is 7.15. The van der Waals surface area contributed by atoms with Crippen molar-refractivity contribution in [1.29, 1.82) is 0 Å². The van der Waals surface area contributed by atoms with Crippen molar-refractivity contribution >= 4 is 22.4 Å². The zero-order valence-corrected chi connectivity index (χ0v) is 14.4. The lowest BCUT2D eigenvalue weighted by Gasteiger charge is -2.02. The summed E-state index contributed by atoms with van der Waals surface area (Å²) in [5.74, 6) is 0.965. The lowest BCUT2D eigenvalue weighted by Crippen LogP contribution is -2.11. The number of rotatable bonds is 5. The molecule has 1 aromatic carbocycles. The molecule has 0 unspecified atom stereocenters. The summed E-state index contributed by atoms with van der Waals surface area (Å²) in [6, 6.07) is 9.03. The van der Waals surface area contributed by atoms with Crippen molar-refractivity contribution in [2.75, 3.05) is 11.9 Å². The number of aryl methyl sites for hydroxylation is 2. The van der Waals surface area contributed by atoms with Gasteiger partial charge in [-0.2, -0.15) is 0 Å². The van der Waals surface area contributed by atoms with E-state index >= 15 is 0 Å². The number of aromatic nitrogens is 2. The van der Waals surface area contributed by atoms with Crippen molar-refractivity contribution in [3.63, 3.8) is 0 Å². The first-order valence-corrected chi connectivity index (χ1v) is 8.34. The van der Waals surface area contributed by atoms with Crippen LogP contribution >= 0.6 is 11.3 Å². The molecule has 0 spiro atoms. The molecule has 6 nitrogen and oxygen atoms in total. The van der Waals surface area contributed by atoms with Crippen molar-refractivity contribution in [1.82, 2.24) is 10.1 Å². The Balaban J connectivity index is 1.73. The van der Waals surface area contributed by atoms with Crippen LogP contribution in [0.4, 0.5) is 5.13 Å². The van der Waals surface area contributed by atoms with Gasteiger partial charge in [-0.25, -0.2) is 4.98 Å². The van der Waals surface area contributed by atoms with Gasteiger partial charge in [0.05, 0.1) is 12.3 Å². The number of thiazole rings is 1. The number of hydrogen-bond acceptors (Lipinski definition) is 6. The zero-order valence-electron chi connectivity index (χ0n) is 13.6. The first-order chi connectivity index (χ1) is 11.6. The molecular weight excluding hydrogens is 326 g/mol. The number of benzene rings is 1. The largest absolute Gasteiger partial charge is 0.494 e. The number of anilines is 1. The summed E-state index contributed by atoms with van der Waals surface area (Å²) in [5.41, 5.74) is 1.95. The summed E-state index contributed by atoms with van der Waals surface area (Å²) in [6.45, 7) is 6.41. The molecule has 0 saturated carbocycles. The van der Waals surface area contributed by atoms with E-state index in [2.05, 4.69) is 15.5 Å². The van der Waals surface area contributed by atoms with Gasteiger partial charge >= 0.3 is 0 Å². The van der Waals surface area contributed by atoms with Crippen molar-refractivity contribution in [2.45, 2.75) is 20.8 Å². The highest BCUT2D eigenvalue weighted by Gasteiger charge is 2.16. The SMILES string of the molecule is CCOc1ccc(-c2cc(C(=O)Nc3nc(C)c(C)s3)no2)cc1. The monoisotopic (exact) mass is 343 g/mol. The zero-order chi connectivity index (χ0) is 17.1. The van der Waals surface area contributed by atoms with E-state index in [0.29, 0.717) is 17.5 Å². The van der Waals surface area contributed by atoms with Gasteiger partial charge < -0.3 is 9.26 Å². The maximum atomic E-state index is 12.2. The second kappa shape index (κ2) is 6.84. The smallest absolute Gasteiger partial charge is 0.279 e. The van der Waals surface area contributed by atoms with E-state index in [9.17, 15) is 4.79 Å². The van der Waals surface area contributed by atoms with Gasteiger partial charge in [-0.1, -0.05) is 5.16 Å². The molecule has 124 valence electrons. The van der Waals surface area contributed by atoms with Crippen LogP contribution in [-0.4, -0.2) is 22.7 Å². The molecule has 24 heavy (non-hydrogen) atoms. The molecule has 0 aliphatic rings. The fourth-order valence-corrected chi connectivity index (χ4v) is 2.90. The van der Waals surface area contributed by atoms with E-state index in [1.54, 1.807) is 6.07 Å². The highest BCUT2D eigenvalue weighted by atomic mass is 32.1. The Morgan fingerprint density at radius 2 is 2.04 bits per heavy atom. The first kappa shape index (κ1) is 16.2. The van der Waals surface area contributed by atoms with Crippen molar-refractivity contribution in [3.05, 3.63) is 46.6 Å². The van der Waals surface area contributed by atoms with Crippen LogP contribution in [0.15, 0.2) is 34.9 Å². The van der Waals surface area contributed by atoms with Gasteiger partial charge in [0.2, 0.25) is 0 Å². The second-order valence-electron chi connectivity index (χ2n) is 5.15. The van der Waals surface area contributed by atoms with Crippen molar-refractivity contribution < 1.29 is 14.1 Å². The average molecular weight is 343 g/mol.